The van der Waals surface area contributed by atoms with E-state index in [0.29, 0.717) is 29.1 Å². The van der Waals surface area contributed by atoms with Crippen molar-refractivity contribution in [3.8, 4) is 5.75 Å². The lowest BCUT2D eigenvalue weighted by molar-refractivity contribution is 0.371. The molecule has 1 N–H and O–H groups in total. The van der Waals surface area contributed by atoms with Crippen LogP contribution in [0.3, 0.4) is 0 Å². The SMILES string of the molecule is COc1cccc([C@H]2CC(c3ccccc3NS(C)(=O)=O)=NN2S(C)(=O)=O)c1. The molecule has 0 amide bonds. The second-order valence-electron chi connectivity index (χ2n) is 6.50. The van der Waals surface area contributed by atoms with Gasteiger partial charge in [0.2, 0.25) is 20.0 Å². The fraction of sp³-hybridized carbons (Fsp3) is 0.278. The molecule has 0 fully saturated rings. The number of nitrogens with zero attached hydrogens (tertiary/aromatic N) is 2. The first kappa shape index (κ1) is 20.2. The first-order valence-electron chi connectivity index (χ1n) is 8.36. The van der Waals surface area contributed by atoms with E-state index in [9.17, 15) is 16.8 Å². The topological polar surface area (TPSA) is 105 Å². The van der Waals surface area contributed by atoms with E-state index in [2.05, 4.69) is 9.82 Å². The van der Waals surface area contributed by atoms with Crippen molar-refractivity contribution < 1.29 is 21.6 Å². The number of nitrogens with one attached hydrogen (secondary N) is 1. The lowest BCUT2D eigenvalue weighted by Gasteiger charge is -2.21. The summed E-state index contributed by atoms with van der Waals surface area (Å²) in [5.41, 5.74) is 2.09. The lowest BCUT2D eigenvalue weighted by Crippen LogP contribution is -2.25. The van der Waals surface area contributed by atoms with Crippen LogP contribution in [0.5, 0.6) is 5.75 Å². The monoisotopic (exact) mass is 423 g/mol. The van der Waals surface area contributed by atoms with Crippen molar-refractivity contribution >= 4 is 31.4 Å². The first-order chi connectivity index (χ1) is 13.1. The van der Waals surface area contributed by atoms with Crippen LogP contribution in [0, 0.1) is 0 Å². The Labute approximate surface area is 164 Å². The fourth-order valence-corrected chi connectivity index (χ4v) is 4.56. The lowest BCUT2D eigenvalue weighted by atomic mass is 9.98. The molecule has 0 aliphatic carbocycles. The third kappa shape index (κ3) is 4.45. The van der Waals surface area contributed by atoms with Gasteiger partial charge in [0, 0.05) is 12.0 Å². The maximum Gasteiger partial charge on any atom is 0.247 e. The summed E-state index contributed by atoms with van der Waals surface area (Å²) in [6.07, 6.45) is 2.44. The van der Waals surface area contributed by atoms with Crippen LogP contribution in [0.15, 0.2) is 53.6 Å². The number of sulfonamides is 2. The van der Waals surface area contributed by atoms with E-state index < -0.39 is 26.1 Å². The first-order valence-corrected chi connectivity index (χ1v) is 12.1. The molecule has 1 heterocycles. The molecule has 3 rings (SSSR count). The molecular formula is C18H21N3O5S2. The van der Waals surface area contributed by atoms with Crippen molar-refractivity contribution in [3.05, 3.63) is 59.7 Å². The molecule has 1 aliphatic heterocycles. The minimum atomic E-state index is -3.64. The summed E-state index contributed by atoms with van der Waals surface area (Å²) >= 11 is 0. The van der Waals surface area contributed by atoms with Gasteiger partial charge >= 0.3 is 0 Å². The maximum atomic E-state index is 12.3. The maximum absolute atomic E-state index is 12.3. The Morgan fingerprint density at radius 2 is 1.79 bits per heavy atom. The molecular weight excluding hydrogens is 402 g/mol. The highest BCUT2D eigenvalue weighted by Gasteiger charge is 2.35. The summed E-state index contributed by atoms with van der Waals surface area (Å²) in [5.74, 6) is 0.610. The van der Waals surface area contributed by atoms with Gasteiger partial charge in [-0.05, 0) is 23.8 Å². The number of hydrazone groups is 1. The smallest absolute Gasteiger partial charge is 0.247 e. The third-order valence-electron chi connectivity index (χ3n) is 4.22. The van der Waals surface area contributed by atoms with Gasteiger partial charge in [-0.1, -0.05) is 30.3 Å². The molecule has 10 heteroatoms. The third-order valence-corrected chi connectivity index (χ3v) is 5.83. The minimum absolute atomic E-state index is 0.294. The Kier molecular flexibility index (Phi) is 5.35. The van der Waals surface area contributed by atoms with Crippen LogP contribution in [0.25, 0.3) is 0 Å². The molecule has 150 valence electrons. The van der Waals surface area contributed by atoms with Gasteiger partial charge in [-0.2, -0.15) is 9.52 Å². The molecule has 28 heavy (non-hydrogen) atoms. The van der Waals surface area contributed by atoms with Crippen LogP contribution in [0.4, 0.5) is 5.69 Å². The predicted octanol–water partition coefficient (Wildman–Crippen LogP) is 2.18. The Hall–Kier alpha value is -2.59. The standard InChI is InChI=1S/C18H21N3O5S2/c1-26-14-8-6-7-13(11-14)18-12-17(19-21(18)28(3,24)25)15-9-4-5-10-16(15)20-27(2,22)23/h4-11,18,20H,12H2,1-3H3/t18-/m1/s1. The molecule has 1 aliphatic rings. The molecule has 0 radical (unpaired) electrons. The summed E-state index contributed by atoms with van der Waals surface area (Å²) < 4.78 is 56.8. The van der Waals surface area contributed by atoms with Crippen LogP contribution in [0.1, 0.15) is 23.6 Å². The number of hydrogen-bond donors (Lipinski definition) is 1. The Bertz CT molecular complexity index is 1130. The van der Waals surface area contributed by atoms with Crippen molar-refractivity contribution in [2.45, 2.75) is 12.5 Å². The highest BCUT2D eigenvalue weighted by Crippen LogP contribution is 2.37. The molecule has 0 unspecified atom stereocenters. The second-order valence-corrected chi connectivity index (χ2v) is 10.1. The van der Waals surface area contributed by atoms with Gasteiger partial charge < -0.3 is 4.74 Å². The summed E-state index contributed by atoms with van der Waals surface area (Å²) in [6.45, 7) is 0. The van der Waals surface area contributed by atoms with Gasteiger partial charge in [0.25, 0.3) is 0 Å². The number of rotatable bonds is 6. The number of benzene rings is 2. The normalized spacial score (nSPS) is 17.3. The van der Waals surface area contributed by atoms with E-state index in [1.807, 2.05) is 6.07 Å². The summed E-state index contributed by atoms with van der Waals surface area (Å²) in [7, 11) is -5.60. The molecule has 0 saturated heterocycles. The number of para-hydroxylation sites is 1. The Morgan fingerprint density at radius 1 is 1.07 bits per heavy atom. The van der Waals surface area contributed by atoms with E-state index in [1.54, 1.807) is 42.5 Å². The van der Waals surface area contributed by atoms with Gasteiger partial charge in [0.05, 0.1) is 37.1 Å². The molecule has 1 atom stereocenters. The van der Waals surface area contributed by atoms with Gasteiger partial charge in [0.15, 0.2) is 0 Å². The number of anilines is 1. The zero-order chi connectivity index (χ0) is 20.5. The number of methoxy groups -OCH3 is 1. The quantitative estimate of drug-likeness (QED) is 0.767. The Balaban J connectivity index is 2.05. The molecule has 0 saturated carbocycles. The van der Waals surface area contributed by atoms with E-state index >= 15 is 0 Å². The van der Waals surface area contributed by atoms with E-state index in [-0.39, 0.29) is 0 Å². The van der Waals surface area contributed by atoms with Crippen LogP contribution in [-0.4, -0.2) is 46.6 Å². The Morgan fingerprint density at radius 3 is 2.43 bits per heavy atom. The number of ether oxygens (including phenoxy) is 1. The van der Waals surface area contributed by atoms with Crippen molar-refractivity contribution in [2.75, 3.05) is 24.3 Å². The predicted molar refractivity (Wildman–Crippen MR) is 108 cm³/mol. The van der Waals surface area contributed by atoms with Crippen LogP contribution in [0.2, 0.25) is 0 Å². The largest absolute Gasteiger partial charge is 0.497 e. The van der Waals surface area contributed by atoms with Crippen molar-refractivity contribution in [3.63, 3.8) is 0 Å². The summed E-state index contributed by atoms with van der Waals surface area (Å²) in [6, 6.07) is 13.3. The molecule has 2 aromatic carbocycles. The van der Waals surface area contributed by atoms with Crippen LogP contribution >= 0.6 is 0 Å². The van der Waals surface area contributed by atoms with E-state index in [0.717, 1.165) is 22.5 Å². The van der Waals surface area contributed by atoms with Crippen LogP contribution < -0.4 is 9.46 Å². The highest BCUT2D eigenvalue weighted by molar-refractivity contribution is 7.92. The van der Waals surface area contributed by atoms with Crippen molar-refractivity contribution in [1.82, 2.24) is 4.41 Å². The average Bonchev–Trinajstić information content (AvgIpc) is 3.06. The van der Waals surface area contributed by atoms with E-state index in [4.69, 9.17) is 4.74 Å². The van der Waals surface area contributed by atoms with Crippen LogP contribution in [-0.2, 0) is 20.0 Å². The molecule has 0 aromatic heterocycles. The van der Waals surface area contributed by atoms with Gasteiger partial charge in [-0.3, -0.25) is 4.72 Å². The minimum Gasteiger partial charge on any atom is -0.497 e. The molecule has 8 nitrogen and oxygen atoms in total. The summed E-state index contributed by atoms with van der Waals surface area (Å²) in [5, 5.41) is 4.32. The van der Waals surface area contributed by atoms with Crippen molar-refractivity contribution in [2.24, 2.45) is 5.10 Å². The summed E-state index contributed by atoms with van der Waals surface area (Å²) in [4.78, 5) is 0. The molecule has 2 aromatic rings. The number of hydrogen-bond acceptors (Lipinski definition) is 6. The average molecular weight is 424 g/mol. The zero-order valence-corrected chi connectivity index (χ0v) is 17.3. The molecule has 0 bridgehead atoms. The zero-order valence-electron chi connectivity index (χ0n) is 15.7. The van der Waals surface area contributed by atoms with Gasteiger partial charge in [-0.25, -0.2) is 16.8 Å². The van der Waals surface area contributed by atoms with Crippen molar-refractivity contribution in [1.29, 1.82) is 0 Å². The van der Waals surface area contributed by atoms with Gasteiger partial charge in [0.1, 0.15) is 5.75 Å². The van der Waals surface area contributed by atoms with E-state index in [1.165, 1.54) is 7.11 Å². The molecule has 0 spiro atoms. The second kappa shape index (κ2) is 7.44. The van der Waals surface area contributed by atoms with Gasteiger partial charge in [-0.15, -0.1) is 0 Å². The highest BCUT2D eigenvalue weighted by atomic mass is 32.2. The fourth-order valence-electron chi connectivity index (χ4n) is 3.08.